The van der Waals surface area contributed by atoms with Gasteiger partial charge < -0.3 is 15.1 Å². The summed E-state index contributed by atoms with van der Waals surface area (Å²) in [7, 11) is 2.12. The highest BCUT2D eigenvalue weighted by atomic mass is 16.3. The third-order valence-electron chi connectivity index (χ3n) is 2.82. The molecule has 86 valence electrons. The maximum Gasteiger partial charge on any atom is 0.0947 e. The number of nitrogens with zero attached hydrogens (tertiary/aromatic N) is 1. The van der Waals surface area contributed by atoms with E-state index in [1.54, 1.807) is 12.5 Å². The monoisotopic (exact) mass is 210 g/mol. The number of hydrogen-bond acceptors (Lipinski definition) is 3. The van der Waals surface area contributed by atoms with Crippen molar-refractivity contribution >= 4 is 0 Å². The lowest BCUT2D eigenvalue weighted by Crippen LogP contribution is -2.32. The molecule has 3 heteroatoms. The second-order valence-electron chi connectivity index (χ2n) is 4.57. The number of furan rings is 1. The van der Waals surface area contributed by atoms with E-state index < -0.39 is 0 Å². The van der Waals surface area contributed by atoms with Crippen molar-refractivity contribution in [3.63, 3.8) is 0 Å². The Morgan fingerprint density at radius 2 is 2.20 bits per heavy atom. The summed E-state index contributed by atoms with van der Waals surface area (Å²) in [5.74, 6) is 1.21. The van der Waals surface area contributed by atoms with Crippen LogP contribution >= 0.6 is 0 Å². The third kappa shape index (κ3) is 4.06. The largest absolute Gasteiger partial charge is 0.472 e. The summed E-state index contributed by atoms with van der Waals surface area (Å²) in [4.78, 5) is 2.29. The first kappa shape index (κ1) is 12.3. The van der Waals surface area contributed by atoms with Crippen LogP contribution in [0.2, 0.25) is 0 Å². The maximum absolute atomic E-state index is 5.75. The zero-order chi connectivity index (χ0) is 11.3. The first-order valence-corrected chi connectivity index (χ1v) is 5.53. The SMILES string of the molecule is CC(C)C(CN)CN(C)Cc1ccoc1. The topological polar surface area (TPSA) is 42.4 Å². The Morgan fingerprint density at radius 3 is 2.67 bits per heavy atom. The summed E-state index contributed by atoms with van der Waals surface area (Å²) in [6.07, 6.45) is 3.51. The Labute approximate surface area is 92.2 Å². The van der Waals surface area contributed by atoms with Gasteiger partial charge in [-0.25, -0.2) is 0 Å². The highest BCUT2D eigenvalue weighted by Crippen LogP contribution is 2.12. The molecule has 1 aromatic heterocycles. The van der Waals surface area contributed by atoms with Crippen LogP contribution in [0.1, 0.15) is 19.4 Å². The summed E-state index contributed by atoms with van der Waals surface area (Å²) in [5, 5.41) is 0. The lowest BCUT2D eigenvalue weighted by molar-refractivity contribution is 0.234. The minimum atomic E-state index is 0.571. The summed E-state index contributed by atoms with van der Waals surface area (Å²) < 4.78 is 5.04. The Kier molecular flexibility index (Phi) is 4.85. The summed E-state index contributed by atoms with van der Waals surface area (Å²) in [6, 6.07) is 2.00. The van der Waals surface area contributed by atoms with E-state index in [1.807, 2.05) is 6.07 Å². The van der Waals surface area contributed by atoms with Crippen LogP contribution in [-0.4, -0.2) is 25.0 Å². The van der Waals surface area contributed by atoms with Gasteiger partial charge in [0.25, 0.3) is 0 Å². The van der Waals surface area contributed by atoms with E-state index in [-0.39, 0.29) is 0 Å². The summed E-state index contributed by atoms with van der Waals surface area (Å²) >= 11 is 0. The molecule has 0 saturated heterocycles. The van der Waals surface area contributed by atoms with Crippen molar-refractivity contribution < 1.29 is 4.42 Å². The van der Waals surface area contributed by atoms with Crippen LogP contribution in [0.3, 0.4) is 0 Å². The van der Waals surface area contributed by atoms with Gasteiger partial charge in [0.1, 0.15) is 0 Å². The molecular weight excluding hydrogens is 188 g/mol. The lowest BCUT2D eigenvalue weighted by atomic mass is 9.95. The predicted octanol–water partition coefficient (Wildman–Crippen LogP) is 1.94. The second kappa shape index (κ2) is 5.93. The van der Waals surface area contributed by atoms with Gasteiger partial charge in [-0.3, -0.25) is 0 Å². The Balaban J connectivity index is 2.37. The van der Waals surface area contributed by atoms with Crippen molar-refractivity contribution in [2.75, 3.05) is 20.1 Å². The molecule has 0 fully saturated rings. The first-order valence-electron chi connectivity index (χ1n) is 5.53. The van der Waals surface area contributed by atoms with Gasteiger partial charge in [0.05, 0.1) is 12.5 Å². The van der Waals surface area contributed by atoms with Crippen LogP contribution in [0.15, 0.2) is 23.0 Å². The van der Waals surface area contributed by atoms with Gasteiger partial charge in [-0.05, 0) is 31.5 Å². The molecular formula is C12H22N2O. The normalized spacial score (nSPS) is 13.7. The molecule has 1 unspecified atom stereocenters. The molecule has 1 aromatic rings. The van der Waals surface area contributed by atoms with Crippen molar-refractivity contribution in [1.29, 1.82) is 0 Å². The first-order chi connectivity index (χ1) is 7.13. The molecule has 1 rings (SSSR count). The van der Waals surface area contributed by atoms with Crippen LogP contribution in [0.25, 0.3) is 0 Å². The maximum atomic E-state index is 5.75. The van der Waals surface area contributed by atoms with E-state index in [0.717, 1.165) is 19.6 Å². The van der Waals surface area contributed by atoms with Crippen molar-refractivity contribution in [3.05, 3.63) is 24.2 Å². The Hall–Kier alpha value is -0.800. The van der Waals surface area contributed by atoms with E-state index in [0.29, 0.717) is 11.8 Å². The van der Waals surface area contributed by atoms with Crippen LogP contribution in [0.5, 0.6) is 0 Å². The van der Waals surface area contributed by atoms with Crippen molar-refractivity contribution in [2.45, 2.75) is 20.4 Å². The molecule has 0 radical (unpaired) electrons. The molecule has 0 bridgehead atoms. The van der Waals surface area contributed by atoms with E-state index >= 15 is 0 Å². The van der Waals surface area contributed by atoms with Gasteiger partial charge in [0.2, 0.25) is 0 Å². The van der Waals surface area contributed by atoms with Gasteiger partial charge in [0, 0.05) is 18.7 Å². The Bertz CT molecular complexity index is 257. The smallest absolute Gasteiger partial charge is 0.0947 e. The molecule has 3 nitrogen and oxygen atoms in total. The molecule has 15 heavy (non-hydrogen) atoms. The molecule has 0 aliphatic carbocycles. The van der Waals surface area contributed by atoms with Gasteiger partial charge in [-0.1, -0.05) is 13.8 Å². The zero-order valence-corrected chi connectivity index (χ0v) is 9.94. The fraction of sp³-hybridized carbons (Fsp3) is 0.667. The number of hydrogen-bond donors (Lipinski definition) is 1. The average molecular weight is 210 g/mol. The van der Waals surface area contributed by atoms with E-state index in [9.17, 15) is 0 Å². The molecule has 2 N–H and O–H groups in total. The molecule has 0 saturated carbocycles. The summed E-state index contributed by atoms with van der Waals surface area (Å²) in [6.45, 7) is 7.18. The predicted molar refractivity (Wildman–Crippen MR) is 62.4 cm³/mol. The van der Waals surface area contributed by atoms with Crippen LogP contribution < -0.4 is 5.73 Å². The van der Waals surface area contributed by atoms with Crippen molar-refractivity contribution in [3.8, 4) is 0 Å². The van der Waals surface area contributed by atoms with E-state index in [4.69, 9.17) is 10.2 Å². The van der Waals surface area contributed by atoms with Gasteiger partial charge in [-0.15, -0.1) is 0 Å². The quantitative estimate of drug-likeness (QED) is 0.780. The molecule has 1 atom stereocenters. The van der Waals surface area contributed by atoms with Crippen LogP contribution in [-0.2, 0) is 6.54 Å². The number of nitrogens with two attached hydrogens (primary N) is 1. The van der Waals surface area contributed by atoms with Crippen LogP contribution in [0.4, 0.5) is 0 Å². The highest BCUT2D eigenvalue weighted by molar-refractivity contribution is 5.04. The number of rotatable bonds is 6. The molecule has 1 heterocycles. The Morgan fingerprint density at radius 1 is 1.47 bits per heavy atom. The van der Waals surface area contributed by atoms with E-state index in [2.05, 4.69) is 25.8 Å². The second-order valence-corrected chi connectivity index (χ2v) is 4.57. The van der Waals surface area contributed by atoms with E-state index in [1.165, 1.54) is 5.56 Å². The molecule has 0 aliphatic rings. The van der Waals surface area contributed by atoms with Gasteiger partial charge >= 0.3 is 0 Å². The van der Waals surface area contributed by atoms with Gasteiger partial charge in [0.15, 0.2) is 0 Å². The molecule has 0 amide bonds. The minimum absolute atomic E-state index is 0.571. The minimum Gasteiger partial charge on any atom is -0.472 e. The van der Waals surface area contributed by atoms with Crippen molar-refractivity contribution in [1.82, 2.24) is 4.90 Å². The average Bonchev–Trinajstić information content (AvgIpc) is 2.66. The van der Waals surface area contributed by atoms with Gasteiger partial charge in [-0.2, -0.15) is 0 Å². The highest BCUT2D eigenvalue weighted by Gasteiger charge is 2.14. The summed E-state index contributed by atoms with van der Waals surface area (Å²) in [5.41, 5.74) is 6.97. The molecule has 0 spiro atoms. The van der Waals surface area contributed by atoms with Crippen molar-refractivity contribution in [2.24, 2.45) is 17.6 Å². The molecule has 0 aliphatic heterocycles. The standard InChI is InChI=1S/C12H22N2O/c1-10(2)12(6-13)8-14(3)7-11-4-5-15-9-11/h4-5,9-10,12H,6-8,13H2,1-3H3. The molecule has 0 aromatic carbocycles. The fourth-order valence-electron chi connectivity index (χ4n) is 1.72. The van der Waals surface area contributed by atoms with Crippen LogP contribution in [0, 0.1) is 11.8 Å². The zero-order valence-electron chi connectivity index (χ0n) is 9.94. The lowest BCUT2D eigenvalue weighted by Gasteiger charge is -2.25. The third-order valence-corrected chi connectivity index (χ3v) is 2.82. The fourth-order valence-corrected chi connectivity index (χ4v) is 1.72.